The average molecular weight is 308 g/mol. The molecule has 0 aliphatic carbocycles. The van der Waals surface area contributed by atoms with Gasteiger partial charge in [-0.3, -0.25) is 9.97 Å². The smallest absolute Gasteiger partial charge is 0.103 e. The maximum absolute atomic E-state index is 8.97. The lowest BCUT2D eigenvalue weighted by Gasteiger charge is -2.10. The molecule has 2 N–H and O–H groups in total. The first-order valence-electron chi connectivity index (χ1n) is 6.24. The molecule has 0 spiro atoms. The van der Waals surface area contributed by atoms with Crippen LogP contribution in [0.15, 0.2) is 46.5 Å². The van der Waals surface area contributed by atoms with E-state index in [0.29, 0.717) is 11.5 Å². The lowest BCUT2D eigenvalue weighted by molar-refractivity contribution is 0.322. The number of aliphatic hydroxyl groups excluding tert-OH is 2. The van der Waals surface area contributed by atoms with Crippen LogP contribution < -0.4 is 0 Å². The van der Waals surface area contributed by atoms with Gasteiger partial charge in [0.25, 0.3) is 0 Å². The van der Waals surface area contributed by atoms with E-state index in [2.05, 4.69) is 9.97 Å². The van der Waals surface area contributed by atoms with Crippen LogP contribution in [0, 0.1) is 0 Å². The molecule has 0 fully saturated rings. The Morgan fingerprint density at radius 2 is 1.25 bits per heavy atom. The van der Waals surface area contributed by atoms with Gasteiger partial charge in [-0.25, -0.2) is 0 Å². The number of hydrogen-bond acceptors (Lipinski definition) is 6. The molecule has 0 saturated carbocycles. The molecule has 0 radical (unpaired) electrons. The van der Waals surface area contributed by atoms with Crippen molar-refractivity contribution in [3.63, 3.8) is 0 Å². The van der Waals surface area contributed by atoms with Crippen molar-refractivity contribution in [3.8, 4) is 11.4 Å². The molecule has 0 aliphatic rings. The predicted octanol–water partition coefficient (Wildman–Crippen LogP) is 2.31. The number of thioether (sulfide) groups is 2. The van der Waals surface area contributed by atoms with Crippen LogP contribution in [0.25, 0.3) is 11.4 Å². The van der Waals surface area contributed by atoms with Gasteiger partial charge in [-0.05, 0) is 24.3 Å². The maximum Gasteiger partial charge on any atom is 0.103 e. The number of aromatic nitrogens is 2. The van der Waals surface area contributed by atoms with Crippen LogP contribution in [0.3, 0.4) is 0 Å². The molecular weight excluding hydrogens is 292 g/mol. The van der Waals surface area contributed by atoms with Gasteiger partial charge in [-0.2, -0.15) is 0 Å². The van der Waals surface area contributed by atoms with E-state index >= 15 is 0 Å². The monoisotopic (exact) mass is 308 g/mol. The van der Waals surface area contributed by atoms with Crippen molar-refractivity contribution >= 4 is 23.5 Å². The Morgan fingerprint density at radius 3 is 1.65 bits per heavy atom. The zero-order valence-corrected chi connectivity index (χ0v) is 12.5. The minimum atomic E-state index is 0.132. The third-order valence-electron chi connectivity index (χ3n) is 2.46. The largest absolute Gasteiger partial charge is 0.396 e. The summed E-state index contributed by atoms with van der Waals surface area (Å²) in [6.45, 7) is 0.265. The van der Waals surface area contributed by atoms with Crippen LogP contribution in [0.5, 0.6) is 0 Å². The molecular formula is C14H16N2O2S2. The van der Waals surface area contributed by atoms with E-state index in [0.717, 1.165) is 21.2 Å². The van der Waals surface area contributed by atoms with Crippen LogP contribution in [-0.4, -0.2) is 44.9 Å². The van der Waals surface area contributed by atoms with Crippen molar-refractivity contribution in [2.45, 2.75) is 9.79 Å². The van der Waals surface area contributed by atoms with E-state index in [1.54, 1.807) is 35.9 Å². The molecule has 2 aromatic rings. The molecule has 20 heavy (non-hydrogen) atoms. The van der Waals surface area contributed by atoms with Gasteiger partial charge < -0.3 is 10.2 Å². The van der Waals surface area contributed by atoms with Gasteiger partial charge in [0.1, 0.15) is 11.4 Å². The lowest BCUT2D eigenvalue weighted by atomic mass is 10.2. The van der Waals surface area contributed by atoms with Crippen LogP contribution in [0.2, 0.25) is 0 Å². The molecule has 0 atom stereocenters. The molecule has 0 aromatic carbocycles. The van der Waals surface area contributed by atoms with Crippen LogP contribution >= 0.6 is 23.5 Å². The third kappa shape index (κ3) is 3.96. The Morgan fingerprint density at radius 1 is 0.800 bits per heavy atom. The first-order valence-corrected chi connectivity index (χ1v) is 8.21. The van der Waals surface area contributed by atoms with Gasteiger partial charge in [0.15, 0.2) is 0 Å². The number of rotatable bonds is 7. The summed E-state index contributed by atoms with van der Waals surface area (Å²) in [5.41, 5.74) is 1.65. The van der Waals surface area contributed by atoms with E-state index in [1.165, 1.54) is 0 Å². The highest BCUT2D eigenvalue weighted by Crippen LogP contribution is 2.33. The molecule has 0 aliphatic heterocycles. The molecule has 2 heterocycles. The normalized spacial score (nSPS) is 10.7. The first-order chi connectivity index (χ1) is 9.86. The van der Waals surface area contributed by atoms with Gasteiger partial charge in [-0.15, -0.1) is 23.5 Å². The van der Waals surface area contributed by atoms with E-state index in [1.807, 2.05) is 24.3 Å². The fraction of sp³-hybridized carbons (Fsp3) is 0.286. The molecule has 106 valence electrons. The van der Waals surface area contributed by atoms with Crippen molar-refractivity contribution in [1.82, 2.24) is 9.97 Å². The van der Waals surface area contributed by atoms with Crippen LogP contribution in [0.1, 0.15) is 0 Å². The summed E-state index contributed by atoms with van der Waals surface area (Å²) in [6.07, 6.45) is 3.49. The molecule has 4 nitrogen and oxygen atoms in total. The zero-order valence-electron chi connectivity index (χ0n) is 10.9. The summed E-state index contributed by atoms with van der Waals surface area (Å²) in [5.74, 6) is 1.26. The second kappa shape index (κ2) is 8.26. The Bertz CT molecular complexity index is 503. The Labute approximate surface area is 126 Å². The second-order valence-electron chi connectivity index (χ2n) is 3.84. The number of nitrogens with zero attached hydrogens (tertiary/aromatic N) is 2. The summed E-state index contributed by atoms with van der Waals surface area (Å²) in [7, 11) is 0. The molecule has 2 aromatic heterocycles. The fourth-order valence-electron chi connectivity index (χ4n) is 1.68. The zero-order chi connectivity index (χ0) is 14.2. The topological polar surface area (TPSA) is 66.2 Å². The van der Waals surface area contributed by atoms with Gasteiger partial charge in [0, 0.05) is 33.7 Å². The van der Waals surface area contributed by atoms with Crippen LogP contribution in [0.4, 0.5) is 0 Å². The van der Waals surface area contributed by atoms with E-state index in [-0.39, 0.29) is 13.2 Å². The third-order valence-corrected chi connectivity index (χ3v) is 4.52. The van der Waals surface area contributed by atoms with E-state index in [9.17, 15) is 0 Å². The van der Waals surface area contributed by atoms with Gasteiger partial charge in [0.05, 0.1) is 13.2 Å². The summed E-state index contributed by atoms with van der Waals surface area (Å²) in [4.78, 5) is 10.9. The number of pyridine rings is 2. The minimum Gasteiger partial charge on any atom is -0.396 e. The molecule has 0 unspecified atom stereocenters. The van der Waals surface area contributed by atoms with E-state index in [4.69, 9.17) is 10.2 Å². The SMILES string of the molecule is OCCSc1cccnc1-c1ncccc1SCCO. The molecule has 0 bridgehead atoms. The molecule has 6 heteroatoms. The van der Waals surface area contributed by atoms with Crippen molar-refractivity contribution in [3.05, 3.63) is 36.7 Å². The standard InChI is InChI=1S/C14H16N2O2S2/c17-7-9-19-11-3-1-5-15-13(11)14-12(20-10-8-18)4-2-6-16-14/h1-6,17-18H,7-10H2. The summed E-state index contributed by atoms with van der Waals surface area (Å²) >= 11 is 3.13. The Balaban J connectivity index is 2.35. The van der Waals surface area contributed by atoms with Gasteiger partial charge in [0.2, 0.25) is 0 Å². The number of hydrogen-bond donors (Lipinski definition) is 2. The average Bonchev–Trinajstić information content (AvgIpc) is 2.51. The molecule has 0 amide bonds. The van der Waals surface area contributed by atoms with Gasteiger partial charge in [-0.1, -0.05) is 0 Å². The van der Waals surface area contributed by atoms with Crippen molar-refractivity contribution in [1.29, 1.82) is 0 Å². The predicted molar refractivity (Wildman–Crippen MR) is 83.1 cm³/mol. The number of aliphatic hydroxyl groups is 2. The van der Waals surface area contributed by atoms with Crippen molar-refractivity contribution in [2.75, 3.05) is 24.7 Å². The summed E-state index contributed by atoms with van der Waals surface area (Å²) < 4.78 is 0. The Kier molecular flexibility index (Phi) is 6.32. The van der Waals surface area contributed by atoms with Crippen molar-refractivity contribution in [2.24, 2.45) is 0 Å². The molecule has 2 rings (SSSR count). The van der Waals surface area contributed by atoms with Gasteiger partial charge >= 0.3 is 0 Å². The first kappa shape index (κ1) is 15.3. The second-order valence-corrected chi connectivity index (χ2v) is 6.12. The van der Waals surface area contributed by atoms with E-state index < -0.39 is 0 Å². The highest BCUT2D eigenvalue weighted by Gasteiger charge is 2.12. The fourth-order valence-corrected chi connectivity index (χ4v) is 3.23. The van der Waals surface area contributed by atoms with Crippen molar-refractivity contribution < 1.29 is 10.2 Å². The maximum atomic E-state index is 8.97. The summed E-state index contributed by atoms with van der Waals surface area (Å²) in [6, 6.07) is 7.73. The minimum absolute atomic E-state index is 0.132. The highest BCUT2D eigenvalue weighted by atomic mass is 32.2. The Hall–Kier alpha value is -1.08. The quantitative estimate of drug-likeness (QED) is 0.765. The molecule has 0 saturated heterocycles. The summed E-state index contributed by atoms with van der Waals surface area (Å²) in [5, 5.41) is 17.9. The van der Waals surface area contributed by atoms with Crippen LogP contribution in [-0.2, 0) is 0 Å². The lowest BCUT2D eigenvalue weighted by Crippen LogP contribution is -1.95. The highest BCUT2D eigenvalue weighted by molar-refractivity contribution is 7.99.